The molecule has 100 valence electrons. The molecule has 0 saturated carbocycles. The minimum Gasteiger partial charge on any atom is -0.378 e. The van der Waals surface area contributed by atoms with Gasteiger partial charge in [-0.25, -0.2) is 0 Å². The van der Waals surface area contributed by atoms with Gasteiger partial charge in [0, 0.05) is 11.9 Å². The van der Waals surface area contributed by atoms with Gasteiger partial charge < -0.3 is 4.74 Å². The molecular weight excluding hydrogens is 288 g/mol. The minimum atomic E-state index is 0.541. The topological polar surface area (TPSA) is 9.23 Å². The van der Waals surface area contributed by atoms with Gasteiger partial charge >= 0.3 is 0 Å². The summed E-state index contributed by atoms with van der Waals surface area (Å²) in [4.78, 5) is 0. The molecule has 0 bridgehead atoms. The van der Waals surface area contributed by atoms with Gasteiger partial charge in [0.05, 0.1) is 6.10 Å². The number of benzene rings is 1. The van der Waals surface area contributed by atoms with Crippen molar-refractivity contribution in [2.24, 2.45) is 0 Å². The normalized spacial score (nSPS) is 21.1. The zero-order valence-electron chi connectivity index (χ0n) is 11.2. The van der Waals surface area contributed by atoms with E-state index in [1.54, 1.807) is 0 Å². The van der Waals surface area contributed by atoms with Crippen molar-refractivity contribution >= 4 is 15.9 Å². The second kappa shape index (κ2) is 7.30. The summed E-state index contributed by atoms with van der Waals surface area (Å²) < 4.78 is 5.68. The van der Waals surface area contributed by atoms with Crippen LogP contribution in [-0.2, 0) is 4.74 Å². The molecule has 2 heteroatoms. The summed E-state index contributed by atoms with van der Waals surface area (Å²) in [5.41, 5.74) is 2.80. The van der Waals surface area contributed by atoms with Gasteiger partial charge in [0.1, 0.15) is 0 Å². The Balaban J connectivity index is 1.79. The minimum absolute atomic E-state index is 0.541. The maximum atomic E-state index is 5.68. The van der Waals surface area contributed by atoms with Crippen LogP contribution < -0.4 is 0 Å². The van der Waals surface area contributed by atoms with E-state index in [1.807, 2.05) is 0 Å². The fourth-order valence-corrected chi connectivity index (χ4v) is 3.33. The van der Waals surface area contributed by atoms with Crippen LogP contribution >= 0.6 is 15.9 Å². The number of halogens is 1. The van der Waals surface area contributed by atoms with Crippen LogP contribution in [0.5, 0.6) is 0 Å². The molecule has 1 aromatic rings. The van der Waals surface area contributed by atoms with Gasteiger partial charge in [-0.15, -0.1) is 0 Å². The van der Waals surface area contributed by atoms with Gasteiger partial charge in [0.2, 0.25) is 0 Å². The maximum Gasteiger partial charge on any atom is 0.0576 e. The van der Waals surface area contributed by atoms with Gasteiger partial charge in [0.15, 0.2) is 0 Å². The number of rotatable bonds is 6. The second-order valence-electron chi connectivity index (χ2n) is 5.33. The Morgan fingerprint density at radius 3 is 2.72 bits per heavy atom. The van der Waals surface area contributed by atoms with E-state index in [0.29, 0.717) is 12.0 Å². The van der Waals surface area contributed by atoms with Crippen LogP contribution in [-0.4, -0.2) is 18.0 Å². The summed E-state index contributed by atoms with van der Waals surface area (Å²) in [5.74, 6) is 0.645. The van der Waals surface area contributed by atoms with Crippen LogP contribution in [0, 0.1) is 6.92 Å². The zero-order chi connectivity index (χ0) is 12.8. The fourth-order valence-electron chi connectivity index (χ4n) is 2.64. The van der Waals surface area contributed by atoms with Crippen molar-refractivity contribution in [1.82, 2.24) is 0 Å². The fraction of sp³-hybridized carbons (Fsp3) is 0.625. The van der Waals surface area contributed by atoms with Crippen molar-refractivity contribution in [3.8, 4) is 0 Å². The summed E-state index contributed by atoms with van der Waals surface area (Å²) >= 11 is 3.65. The number of hydrogen-bond donors (Lipinski definition) is 0. The molecule has 1 aromatic carbocycles. The van der Waals surface area contributed by atoms with Gasteiger partial charge in [0.25, 0.3) is 0 Å². The molecule has 18 heavy (non-hydrogen) atoms. The summed E-state index contributed by atoms with van der Waals surface area (Å²) in [6.07, 6.45) is 6.82. The Bertz CT molecular complexity index is 341. The van der Waals surface area contributed by atoms with Gasteiger partial charge in [-0.3, -0.25) is 0 Å². The average Bonchev–Trinajstić information content (AvgIpc) is 2.89. The van der Waals surface area contributed by atoms with Gasteiger partial charge in [-0.1, -0.05) is 52.2 Å². The lowest BCUT2D eigenvalue weighted by molar-refractivity contribution is 0.102. The van der Waals surface area contributed by atoms with Crippen LogP contribution in [0.4, 0.5) is 0 Å². The van der Waals surface area contributed by atoms with Crippen molar-refractivity contribution < 1.29 is 4.74 Å². The lowest BCUT2D eigenvalue weighted by Gasteiger charge is -2.16. The van der Waals surface area contributed by atoms with E-state index in [4.69, 9.17) is 4.74 Å². The Hall–Kier alpha value is -0.340. The first-order chi connectivity index (χ1) is 8.79. The van der Waals surface area contributed by atoms with Crippen molar-refractivity contribution in [1.29, 1.82) is 0 Å². The highest BCUT2D eigenvalue weighted by molar-refractivity contribution is 9.09. The van der Waals surface area contributed by atoms with Crippen molar-refractivity contribution in [3.63, 3.8) is 0 Å². The van der Waals surface area contributed by atoms with Gasteiger partial charge in [-0.05, 0) is 44.1 Å². The van der Waals surface area contributed by atoms with E-state index >= 15 is 0 Å². The molecule has 0 aromatic heterocycles. The SMILES string of the molecule is Cc1ccc(C(CBr)CCCC2CCCO2)cc1. The van der Waals surface area contributed by atoms with Crippen molar-refractivity contribution in [3.05, 3.63) is 35.4 Å². The number of alkyl halides is 1. The Kier molecular flexibility index (Phi) is 5.71. The highest BCUT2D eigenvalue weighted by Crippen LogP contribution is 2.26. The smallest absolute Gasteiger partial charge is 0.0576 e. The average molecular weight is 311 g/mol. The van der Waals surface area contributed by atoms with Gasteiger partial charge in [-0.2, -0.15) is 0 Å². The lowest BCUT2D eigenvalue weighted by Crippen LogP contribution is -2.07. The van der Waals surface area contributed by atoms with Crippen LogP contribution in [0.25, 0.3) is 0 Å². The van der Waals surface area contributed by atoms with E-state index in [-0.39, 0.29) is 0 Å². The van der Waals surface area contributed by atoms with E-state index in [1.165, 1.54) is 43.2 Å². The summed E-state index contributed by atoms with van der Waals surface area (Å²) in [7, 11) is 0. The Morgan fingerprint density at radius 1 is 1.33 bits per heavy atom. The van der Waals surface area contributed by atoms with E-state index in [9.17, 15) is 0 Å². The van der Waals surface area contributed by atoms with E-state index in [2.05, 4.69) is 47.1 Å². The summed E-state index contributed by atoms with van der Waals surface area (Å²) in [6.45, 7) is 3.12. The molecular formula is C16H23BrO. The Morgan fingerprint density at radius 2 is 2.11 bits per heavy atom. The third-order valence-electron chi connectivity index (χ3n) is 3.84. The lowest BCUT2D eigenvalue weighted by atomic mass is 9.94. The molecule has 1 aliphatic heterocycles. The third-order valence-corrected chi connectivity index (χ3v) is 4.62. The van der Waals surface area contributed by atoms with E-state index in [0.717, 1.165) is 11.9 Å². The highest BCUT2D eigenvalue weighted by Gasteiger charge is 2.16. The van der Waals surface area contributed by atoms with Crippen LogP contribution in [0.2, 0.25) is 0 Å². The predicted molar refractivity (Wildman–Crippen MR) is 80.5 cm³/mol. The number of ether oxygens (including phenoxy) is 1. The molecule has 1 aliphatic rings. The third kappa shape index (κ3) is 4.10. The van der Waals surface area contributed by atoms with Crippen LogP contribution in [0.1, 0.15) is 49.1 Å². The molecule has 0 amide bonds. The molecule has 1 nitrogen and oxygen atoms in total. The molecule has 1 saturated heterocycles. The molecule has 0 radical (unpaired) electrons. The quantitative estimate of drug-likeness (QED) is 0.684. The molecule has 1 heterocycles. The highest BCUT2D eigenvalue weighted by atomic mass is 79.9. The number of hydrogen-bond acceptors (Lipinski definition) is 1. The van der Waals surface area contributed by atoms with Crippen LogP contribution in [0.3, 0.4) is 0 Å². The molecule has 1 fully saturated rings. The molecule has 2 unspecified atom stereocenters. The second-order valence-corrected chi connectivity index (χ2v) is 5.98. The maximum absolute atomic E-state index is 5.68. The summed E-state index contributed by atoms with van der Waals surface area (Å²) in [5, 5.41) is 1.06. The largest absolute Gasteiger partial charge is 0.378 e. The van der Waals surface area contributed by atoms with Crippen molar-refractivity contribution in [2.45, 2.75) is 51.0 Å². The molecule has 0 spiro atoms. The zero-order valence-corrected chi connectivity index (χ0v) is 12.8. The van der Waals surface area contributed by atoms with Crippen LogP contribution in [0.15, 0.2) is 24.3 Å². The molecule has 2 rings (SSSR count). The van der Waals surface area contributed by atoms with Crippen molar-refractivity contribution in [2.75, 3.05) is 11.9 Å². The predicted octanol–water partition coefficient (Wildman–Crippen LogP) is 4.82. The van der Waals surface area contributed by atoms with E-state index < -0.39 is 0 Å². The standard InChI is InChI=1S/C16H23BrO/c1-13-7-9-14(10-8-13)15(12-17)4-2-5-16-6-3-11-18-16/h7-10,15-16H,2-6,11-12H2,1H3. The molecule has 2 atom stereocenters. The molecule has 0 aliphatic carbocycles. The first kappa shape index (κ1) is 14.1. The summed E-state index contributed by atoms with van der Waals surface area (Å²) in [6, 6.07) is 8.97. The first-order valence-electron chi connectivity index (χ1n) is 7.03. The first-order valence-corrected chi connectivity index (χ1v) is 8.16. The monoisotopic (exact) mass is 310 g/mol. The molecule has 0 N–H and O–H groups in total. The number of aryl methyl sites for hydroxylation is 1. The Labute approximate surface area is 119 Å².